The highest BCUT2D eigenvalue weighted by atomic mass is 79.9. The van der Waals surface area contributed by atoms with Crippen LogP contribution < -0.4 is 10.6 Å². The molecule has 0 bridgehead atoms. The summed E-state index contributed by atoms with van der Waals surface area (Å²) in [5.41, 5.74) is 6.45. The van der Waals surface area contributed by atoms with E-state index in [1.54, 1.807) is 6.20 Å². The maximum Gasteiger partial charge on any atom is 0.143 e. The first-order chi connectivity index (χ1) is 8.74. The summed E-state index contributed by atoms with van der Waals surface area (Å²) in [5, 5.41) is 0. The van der Waals surface area contributed by atoms with Gasteiger partial charge in [-0.2, -0.15) is 0 Å². The smallest absolute Gasteiger partial charge is 0.143 e. The summed E-state index contributed by atoms with van der Waals surface area (Å²) in [6.07, 6.45) is 5.79. The van der Waals surface area contributed by atoms with Crippen LogP contribution in [0.4, 0.5) is 11.5 Å². The summed E-state index contributed by atoms with van der Waals surface area (Å²) < 4.78 is 1.01. The predicted octanol–water partition coefficient (Wildman–Crippen LogP) is 2.10. The van der Waals surface area contributed by atoms with E-state index in [1.807, 2.05) is 6.07 Å². The Hall–Kier alpha value is -0.810. The van der Waals surface area contributed by atoms with Crippen LogP contribution in [0.15, 0.2) is 16.7 Å². The van der Waals surface area contributed by atoms with Gasteiger partial charge >= 0.3 is 0 Å². The minimum absolute atomic E-state index is 0.707. The van der Waals surface area contributed by atoms with Crippen LogP contribution in [-0.4, -0.2) is 42.1 Å². The molecule has 2 N–H and O–H groups in total. The molecule has 1 atom stereocenters. The van der Waals surface area contributed by atoms with Crippen molar-refractivity contribution in [3.05, 3.63) is 16.7 Å². The van der Waals surface area contributed by atoms with Crippen molar-refractivity contribution in [2.45, 2.75) is 25.3 Å². The fraction of sp³-hybridized carbons (Fsp3) is 0.615. The topological polar surface area (TPSA) is 45.4 Å². The highest BCUT2D eigenvalue weighted by Gasteiger charge is 2.29. The van der Waals surface area contributed by atoms with Crippen molar-refractivity contribution in [3.63, 3.8) is 0 Å². The first-order valence-corrected chi connectivity index (χ1v) is 7.43. The Balaban J connectivity index is 1.77. The van der Waals surface area contributed by atoms with E-state index in [4.69, 9.17) is 5.73 Å². The Morgan fingerprint density at radius 2 is 2.17 bits per heavy atom. The maximum absolute atomic E-state index is 5.74. The third-order valence-corrected chi connectivity index (χ3v) is 4.56. The lowest BCUT2D eigenvalue weighted by Gasteiger charge is -2.44. The Labute approximate surface area is 116 Å². The maximum atomic E-state index is 5.74. The van der Waals surface area contributed by atoms with Crippen molar-refractivity contribution in [2.24, 2.45) is 0 Å². The quantitative estimate of drug-likeness (QED) is 0.863. The summed E-state index contributed by atoms with van der Waals surface area (Å²) >= 11 is 3.57. The standard InChI is InChI=1S/C13H19BrN4/c14-12-7-10(15)8-16-13(12)18-6-5-17-4-2-1-3-11(17)9-18/h7-8,11H,1-6,9,15H2. The van der Waals surface area contributed by atoms with Crippen molar-refractivity contribution in [2.75, 3.05) is 36.8 Å². The first kappa shape index (κ1) is 12.2. The fourth-order valence-electron chi connectivity index (χ4n) is 3.03. The SMILES string of the molecule is Nc1cnc(N2CCN3CCCCC3C2)c(Br)c1. The van der Waals surface area contributed by atoms with Gasteiger partial charge in [-0.15, -0.1) is 0 Å². The molecule has 0 aliphatic carbocycles. The number of anilines is 2. The molecule has 5 heteroatoms. The zero-order valence-electron chi connectivity index (χ0n) is 10.5. The molecule has 3 heterocycles. The van der Waals surface area contributed by atoms with E-state index in [-0.39, 0.29) is 0 Å². The Morgan fingerprint density at radius 3 is 3.00 bits per heavy atom. The Bertz CT molecular complexity index is 437. The number of hydrogen-bond acceptors (Lipinski definition) is 4. The highest BCUT2D eigenvalue weighted by molar-refractivity contribution is 9.10. The summed E-state index contributed by atoms with van der Waals surface area (Å²) in [6, 6.07) is 2.65. The van der Waals surface area contributed by atoms with Crippen molar-refractivity contribution in [1.82, 2.24) is 9.88 Å². The van der Waals surface area contributed by atoms with Crippen LogP contribution >= 0.6 is 15.9 Å². The lowest BCUT2D eigenvalue weighted by molar-refractivity contribution is 0.133. The molecule has 2 aliphatic rings. The molecule has 98 valence electrons. The monoisotopic (exact) mass is 310 g/mol. The van der Waals surface area contributed by atoms with Gasteiger partial charge in [0.15, 0.2) is 0 Å². The minimum Gasteiger partial charge on any atom is -0.397 e. The van der Waals surface area contributed by atoms with Gasteiger partial charge in [0.25, 0.3) is 0 Å². The van der Waals surface area contributed by atoms with E-state index >= 15 is 0 Å². The van der Waals surface area contributed by atoms with Crippen LogP contribution in [0.5, 0.6) is 0 Å². The third kappa shape index (κ3) is 2.34. The van der Waals surface area contributed by atoms with E-state index in [1.165, 1.54) is 25.8 Å². The molecule has 0 amide bonds. The summed E-state index contributed by atoms with van der Waals surface area (Å²) in [4.78, 5) is 9.49. The molecule has 0 aromatic carbocycles. The average Bonchev–Trinajstić information content (AvgIpc) is 2.38. The molecule has 2 saturated heterocycles. The summed E-state index contributed by atoms with van der Waals surface area (Å²) in [7, 11) is 0. The third-order valence-electron chi connectivity index (χ3n) is 3.98. The first-order valence-electron chi connectivity index (χ1n) is 6.64. The zero-order chi connectivity index (χ0) is 12.5. The van der Waals surface area contributed by atoms with Gasteiger partial charge in [-0.1, -0.05) is 6.42 Å². The molecule has 3 rings (SSSR count). The molecule has 0 spiro atoms. The molecular weight excluding hydrogens is 292 g/mol. The van der Waals surface area contributed by atoms with E-state index < -0.39 is 0 Å². The number of pyridine rings is 1. The number of nitrogen functional groups attached to an aromatic ring is 1. The largest absolute Gasteiger partial charge is 0.397 e. The summed E-state index contributed by atoms with van der Waals surface area (Å²) in [6.45, 7) is 4.58. The van der Waals surface area contributed by atoms with Crippen LogP contribution in [0.25, 0.3) is 0 Å². The second-order valence-corrected chi connectivity index (χ2v) is 6.06. The van der Waals surface area contributed by atoms with Crippen molar-refractivity contribution in [3.8, 4) is 0 Å². The molecule has 18 heavy (non-hydrogen) atoms. The van der Waals surface area contributed by atoms with Crippen LogP contribution in [0.2, 0.25) is 0 Å². The molecule has 2 fully saturated rings. The Kier molecular flexibility index (Phi) is 3.43. The normalized spacial score (nSPS) is 24.9. The molecule has 0 saturated carbocycles. The molecule has 1 aromatic rings. The predicted molar refractivity (Wildman–Crippen MR) is 77.8 cm³/mol. The van der Waals surface area contributed by atoms with Gasteiger partial charge in [0, 0.05) is 25.7 Å². The van der Waals surface area contributed by atoms with Gasteiger partial charge in [0.2, 0.25) is 0 Å². The second-order valence-electron chi connectivity index (χ2n) is 5.21. The molecule has 1 unspecified atom stereocenters. The van der Waals surface area contributed by atoms with Gasteiger partial charge in [-0.05, 0) is 41.4 Å². The fourth-order valence-corrected chi connectivity index (χ4v) is 3.64. The number of aromatic nitrogens is 1. The number of nitrogens with two attached hydrogens (primary N) is 1. The number of hydrogen-bond donors (Lipinski definition) is 1. The molecule has 2 aliphatic heterocycles. The number of nitrogens with zero attached hydrogens (tertiary/aromatic N) is 3. The Morgan fingerprint density at radius 1 is 1.28 bits per heavy atom. The lowest BCUT2D eigenvalue weighted by atomic mass is 9.99. The van der Waals surface area contributed by atoms with Crippen LogP contribution in [0, 0.1) is 0 Å². The van der Waals surface area contributed by atoms with Crippen LogP contribution in [0.3, 0.4) is 0 Å². The van der Waals surface area contributed by atoms with Crippen molar-refractivity contribution >= 4 is 27.4 Å². The number of piperazine rings is 1. The molecule has 1 aromatic heterocycles. The van der Waals surface area contributed by atoms with E-state index in [0.29, 0.717) is 11.7 Å². The van der Waals surface area contributed by atoms with Crippen LogP contribution in [-0.2, 0) is 0 Å². The highest BCUT2D eigenvalue weighted by Crippen LogP contribution is 2.29. The van der Waals surface area contributed by atoms with Crippen LogP contribution in [0.1, 0.15) is 19.3 Å². The lowest BCUT2D eigenvalue weighted by Crippen LogP contribution is -2.55. The van der Waals surface area contributed by atoms with Crippen molar-refractivity contribution in [1.29, 1.82) is 0 Å². The van der Waals surface area contributed by atoms with E-state index in [0.717, 1.165) is 29.9 Å². The number of fused-ring (bicyclic) bond motifs is 1. The van der Waals surface area contributed by atoms with Gasteiger partial charge in [0.05, 0.1) is 16.4 Å². The average molecular weight is 311 g/mol. The van der Waals surface area contributed by atoms with Crippen molar-refractivity contribution < 1.29 is 0 Å². The molecule has 4 nitrogen and oxygen atoms in total. The molecular formula is C13H19BrN4. The van der Waals surface area contributed by atoms with E-state index in [2.05, 4.69) is 30.7 Å². The van der Waals surface area contributed by atoms with Gasteiger partial charge in [-0.3, -0.25) is 4.90 Å². The second kappa shape index (κ2) is 5.05. The zero-order valence-corrected chi connectivity index (χ0v) is 12.1. The molecule has 0 radical (unpaired) electrons. The summed E-state index contributed by atoms with van der Waals surface area (Å²) in [5.74, 6) is 1.04. The van der Waals surface area contributed by atoms with E-state index in [9.17, 15) is 0 Å². The minimum atomic E-state index is 0.707. The van der Waals surface area contributed by atoms with Gasteiger partial charge < -0.3 is 10.6 Å². The number of halogens is 1. The van der Waals surface area contributed by atoms with Gasteiger partial charge in [0.1, 0.15) is 5.82 Å². The van der Waals surface area contributed by atoms with Gasteiger partial charge in [-0.25, -0.2) is 4.98 Å². The number of piperidine rings is 1. The number of rotatable bonds is 1.